The lowest BCUT2D eigenvalue weighted by molar-refractivity contribution is 0.00691. The van der Waals surface area contributed by atoms with Crippen molar-refractivity contribution in [3.63, 3.8) is 0 Å². The van der Waals surface area contributed by atoms with Crippen molar-refractivity contribution in [3.8, 4) is 28.4 Å². The molecule has 8 nitrogen and oxygen atoms in total. The van der Waals surface area contributed by atoms with Gasteiger partial charge in [-0.15, -0.1) is 0 Å². The summed E-state index contributed by atoms with van der Waals surface area (Å²) in [6, 6.07) is 22.0. The van der Waals surface area contributed by atoms with Crippen molar-refractivity contribution in [3.05, 3.63) is 65.7 Å². The fraction of sp³-hybridized carbons (Fsp3) is 0.500. The van der Waals surface area contributed by atoms with Gasteiger partial charge in [-0.1, -0.05) is 107 Å². The Bertz CT molecular complexity index is 1690. The molecule has 0 unspecified atom stereocenters. The van der Waals surface area contributed by atoms with E-state index in [1.54, 1.807) is 0 Å². The van der Waals surface area contributed by atoms with Crippen LogP contribution in [0.1, 0.15) is 20.8 Å². The molecule has 4 aromatic rings. The Morgan fingerprint density at radius 2 is 1.47 bits per heavy atom. The minimum atomic E-state index is -2.00. The van der Waals surface area contributed by atoms with Crippen LogP contribution in [0.25, 0.3) is 33.5 Å². The second-order valence-electron chi connectivity index (χ2n) is 15.4. The van der Waals surface area contributed by atoms with Gasteiger partial charge in [0.2, 0.25) is 0 Å². The van der Waals surface area contributed by atoms with Crippen LogP contribution in [-0.2, 0) is 25.4 Å². The summed E-state index contributed by atoms with van der Waals surface area (Å²) in [6.45, 7) is 20.1. The molecular formula is C36H48ClN3O5Si2. The zero-order valence-electron chi connectivity index (χ0n) is 28.9. The van der Waals surface area contributed by atoms with E-state index < -0.39 is 16.4 Å². The lowest BCUT2D eigenvalue weighted by atomic mass is 10.0. The predicted octanol–water partition coefficient (Wildman–Crippen LogP) is 8.67. The second kappa shape index (κ2) is 13.4. The minimum Gasteiger partial charge on any atom is -0.456 e. The largest absolute Gasteiger partial charge is 0.456 e. The quantitative estimate of drug-likeness (QED) is 0.115. The highest BCUT2D eigenvalue weighted by Crippen LogP contribution is 2.41. The average Bonchev–Trinajstić information content (AvgIpc) is 3.69. The van der Waals surface area contributed by atoms with Crippen LogP contribution in [0.15, 0.2) is 60.7 Å². The number of rotatable bonds is 11. The third kappa shape index (κ3) is 7.54. The highest BCUT2D eigenvalue weighted by molar-refractivity contribution is 6.76. The SMILES string of the molecule is CC(C)(C)[Si](C)(C)O[C@@H]1CO[C@@H]2[C@@H]1OC[C@H]2Oc1nc2nc(-c3ccc(-c4ccccc4)cc3)c(Cl)cc2n1COCC[Si](C)(C)C. The van der Waals surface area contributed by atoms with E-state index in [0.717, 1.165) is 28.3 Å². The number of aromatic nitrogens is 3. The zero-order chi connectivity index (χ0) is 33.6. The summed E-state index contributed by atoms with van der Waals surface area (Å²) >= 11 is 6.91. The molecule has 0 saturated carbocycles. The monoisotopic (exact) mass is 693 g/mol. The summed E-state index contributed by atoms with van der Waals surface area (Å²) in [5, 5.41) is 0.630. The first kappa shape index (κ1) is 34.3. The summed E-state index contributed by atoms with van der Waals surface area (Å²) in [5.74, 6) is 0. The third-order valence-electron chi connectivity index (χ3n) is 9.61. The Hall–Kier alpha value is -2.58. The molecule has 0 N–H and O–H groups in total. The zero-order valence-corrected chi connectivity index (χ0v) is 31.6. The van der Waals surface area contributed by atoms with Gasteiger partial charge in [0.05, 0.1) is 35.6 Å². The van der Waals surface area contributed by atoms with Crippen molar-refractivity contribution in [2.24, 2.45) is 0 Å². The summed E-state index contributed by atoms with van der Waals surface area (Å²) in [5.41, 5.74) is 5.17. The molecule has 4 heterocycles. The van der Waals surface area contributed by atoms with Crippen molar-refractivity contribution in [2.75, 3.05) is 19.8 Å². The highest BCUT2D eigenvalue weighted by Gasteiger charge is 2.52. The first-order valence-electron chi connectivity index (χ1n) is 16.6. The normalized spacial score (nSPS) is 21.8. The van der Waals surface area contributed by atoms with Gasteiger partial charge in [0, 0.05) is 20.2 Å². The molecule has 11 heteroatoms. The Balaban J connectivity index is 1.26. The first-order valence-corrected chi connectivity index (χ1v) is 23.6. The first-order chi connectivity index (χ1) is 22.2. The molecule has 0 amide bonds. The Morgan fingerprint density at radius 1 is 0.851 bits per heavy atom. The van der Waals surface area contributed by atoms with E-state index in [0.29, 0.717) is 42.2 Å². The minimum absolute atomic E-state index is 0.0942. The third-order valence-corrected chi connectivity index (χ3v) is 16.1. The number of pyridine rings is 1. The fourth-order valence-electron chi connectivity index (χ4n) is 5.73. The van der Waals surface area contributed by atoms with Gasteiger partial charge in [0.1, 0.15) is 18.9 Å². The summed E-state index contributed by atoms with van der Waals surface area (Å²) in [6.07, 6.45) is -0.889. The Labute approximate surface area is 285 Å². The molecule has 2 aliphatic heterocycles. The highest BCUT2D eigenvalue weighted by atomic mass is 35.5. The second-order valence-corrected chi connectivity index (χ2v) is 26.2. The fourth-order valence-corrected chi connectivity index (χ4v) is 8.05. The number of fused-ring (bicyclic) bond motifs is 2. The maximum atomic E-state index is 6.91. The van der Waals surface area contributed by atoms with Crippen LogP contribution in [0.5, 0.6) is 6.01 Å². The van der Waals surface area contributed by atoms with E-state index >= 15 is 0 Å². The van der Waals surface area contributed by atoms with Crippen molar-refractivity contribution in [1.82, 2.24) is 14.5 Å². The van der Waals surface area contributed by atoms with Crippen LogP contribution in [0.4, 0.5) is 0 Å². The molecule has 2 aromatic heterocycles. The predicted molar refractivity (Wildman–Crippen MR) is 193 cm³/mol. The molecule has 0 aliphatic carbocycles. The average molecular weight is 694 g/mol. The van der Waals surface area contributed by atoms with E-state index in [1.807, 2.05) is 41.0 Å². The molecule has 2 fully saturated rings. The van der Waals surface area contributed by atoms with Crippen molar-refractivity contribution < 1.29 is 23.4 Å². The summed E-state index contributed by atoms with van der Waals surface area (Å²) in [4.78, 5) is 9.83. The number of hydrogen-bond acceptors (Lipinski definition) is 7. The number of benzene rings is 2. The van der Waals surface area contributed by atoms with Crippen LogP contribution in [0.2, 0.25) is 48.8 Å². The van der Waals surface area contributed by atoms with Gasteiger partial charge in [0.25, 0.3) is 0 Å². The molecule has 2 saturated heterocycles. The number of ether oxygens (including phenoxy) is 4. The van der Waals surface area contributed by atoms with Gasteiger partial charge in [-0.25, -0.2) is 4.98 Å². The van der Waals surface area contributed by atoms with Gasteiger partial charge in [-0.3, -0.25) is 4.57 Å². The van der Waals surface area contributed by atoms with Gasteiger partial charge < -0.3 is 23.4 Å². The molecule has 0 spiro atoms. The van der Waals surface area contributed by atoms with Crippen LogP contribution >= 0.6 is 11.6 Å². The Morgan fingerprint density at radius 3 is 2.13 bits per heavy atom. The van der Waals surface area contributed by atoms with E-state index in [1.165, 1.54) is 0 Å². The molecule has 252 valence electrons. The van der Waals surface area contributed by atoms with Gasteiger partial charge in [-0.2, -0.15) is 4.98 Å². The van der Waals surface area contributed by atoms with E-state index in [-0.39, 0.29) is 36.2 Å². The van der Waals surface area contributed by atoms with Gasteiger partial charge >= 0.3 is 6.01 Å². The van der Waals surface area contributed by atoms with E-state index in [9.17, 15) is 0 Å². The van der Waals surface area contributed by atoms with E-state index in [4.69, 9.17) is 44.9 Å². The molecule has 47 heavy (non-hydrogen) atoms. The van der Waals surface area contributed by atoms with Crippen molar-refractivity contribution in [1.29, 1.82) is 0 Å². The van der Waals surface area contributed by atoms with E-state index in [2.05, 4.69) is 77.8 Å². The number of imidazole rings is 1. The maximum absolute atomic E-state index is 6.91. The number of nitrogens with zero attached hydrogens (tertiary/aromatic N) is 3. The number of hydrogen-bond donors (Lipinski definition) is 0. The molecule has 4 atom stereocenters. The molecule has 0 bridgehead atoms. The maximum Gasteiger partial charge on any atom is 0.301 e. The van der Waals surface area contributed by atoms with Crippen LogP contribution in [-0.4, -0.2) is 75.2 Å². The van der Waals surface area contributed by atoms with Crippen LogP contribution < -0.4 is 4.74 Å². The molecule has 0 radical (unpaired) electrons. The molecule has 2 aliphatic rings. The lowest BCUT2D eigenvalue weighted by Crippen LogP contribution is -2.47. The summed E-state index contributed by atoms with van der Waals surface area (Å²) < 4.78 is 34.0. The molecule has 6 rings (SSSR count). The summed E-state index contributed by atoms with van der Waals surface area (Å²) in [7, 11) is -3.26. The van der Waals surface area contributed by atoms with Crippen molar-refractivity contribution >= 4 is 39.2 Å². The van der Waals surface area contributed by atoms with Crippen molar-refractivity contribution in [2.45, 2.75) is 95.7 Å². The smallest absolute Gasteiger partial charge is 0.301 e. The van der Waals surface area contributed by atoms with Gasteiger partial charge in [0.15, 0.2) is 20.1 Å². The standard InChI is InChI=1S/C36H48ClN3O5Si2/c1-36(2,3)47(7,8)45-30-22-43-32-29(21-42-33(30)32)44-35-39-34-28(40(35)23-41-18-19-46(4,5)6)20-27(37)31(38-34)26-16-14-25(15-17-26)24-12-10-9-11-13-24/h9-17,20,29-30,32-33H,18-19,21-23H2,1-8H3/t29-,30-,32+,33-/m1/s1. The van der Waals surface area contributed by atoms with Gasteiger partial charge in [-0.05, 0) is 41.4 Å². The topological polar surface area (TPSA) is 76.9 Å². The lowest BCUT2D eigenvalue weighted by Gasteiger charge is -2.39. The molecule has 2 aromatic carbocycles. The molecular weight excluding hydrogens is 646 g/mol. The Kier molecular flexibility index (Phi) is 9.76. The number of halogens is 1. The van der Waals surface area contributed by atoms with Crippen LogP contribution in [0, 0.1) is 0 Å². The van der Waals surface area contributed by atoms with Crippen LogP contribution in [0.3, 0.4) is 0 Å².